The second-order valence-corrected chi connectivity index (χ2v) is 9.04. The van der Waals surface area contributed by atoms with Crippen LogP contribution in [0.2, 0.25) is 0 Å². The number of fused-ring (bicyclic) bond motifs is 1. The number of amides is 2. The van der Waals surface area contributed by atoms with Gasteiger partial charge in [0.05, 0.1) is 26.8 Å². The number of carbonyl (C=O) groups excluding carboxylic acids is 2. The highest BCUT2D eigenvalue weighted by Gasteiger charge is 2.33. The van der Waals surface area contributed by atoms with Gasteiger partial charge in [0, 0.05) is 18.8 Å². The highest BCUT2D eigenvalue weighted by molar-refractivity contribution is 5.93. The SMILES string of the molecule is COc1cc2c(cc1OC)CN(CC(=O)Nc1ccc(C)cc1)[C@@H](C(=O)NCCc1ccccc1)C2. The Morgan fingerprint density at radius 1 is 0.944 bits per heavy atom. The summed E-state index contributed by atoms with van der Waals surface area (Å²) in [4.78, 5) is 28.2. The largest absolute Gasteiger partial charge is 0.493 e. The highest BCUT2D eigenvalue weighted by Crippen LogP contribution is 2.34. The van der Waals surface area contributed by atoms with Crippen molar-refractivity contribution in [2.45, 2.75) is 32.4 Å². The Hall–Kier alpha value is -3.84. The fraction of sp³-hybridized carbons (Fsp3) is 0.310. The third-order valence-electron chi connectivity index (χ3n) is 6.47. The first kappa shape index (κ1) is 25.3. The van der Waals surface area contributed by atoms with Crippen LogP contribution in [0.3, 0.4) is 0 Å². The number of rotatable bonds is 9. The Kier molecular flexibility index (Phi) is 8.23. The molecule has 4 rings (SSSR count). The highest BCUT2D eigenvalue weighted by atomic mass is 16.5. The van der Waals surface area contributed by atoms with Crippen LogP contribution in [0.4, 0.5) is 5.69 Å². The molecule has 3 aromatic carbocycles. The number of hydrogen-bond donors (Lipinski definition) is 2. The van der Waals surface area contributed by atoms with E-state index in [0.717, 1.165) is 34.4 Å². The van der Waals surface area contributed by atoms with E-state index in [2.05, 4.69) is 10.6 Å². The molecule has 7 nitrogen and oxygen atoms in total. The van der Waals surface area contributed by atoms with Crippen molar-refractivity contribution in [1.82, 2.24) is 10.2 Å². The molecule has 2 amide bonds. The third kappa shape index (κ3) is 6.23. The number of anilines is 1. The maximum atomic E-state index is 13.3. The van der Waals surface area contributed by atoms with Crippen molar-refractivity contribution < 1.29 is 19.1 Å². The van der Waals surface area contributed by atoms with Crippen molar-refractivity contribution in [3.63, 3.8) is 0 Å². The minimum Gasteiger partial charge on any atom is -0.493 e. The second kappa shape index (κ2) is 11.7. The predicted octanol–water partition coefficient (Wildman–Crippen LogP) is 3.74. The zero-order valence-corrected chi connectivity index (χ0v) is 21.0. The molecule has 0 saturated heterocycles. The number of nitrogens with zero attached hydrogens (tertiary/aromatic N) is 1. The molecule has 1 atom stereocenters. The molecule has 0 bridgehead atoms. The minimum absolute atomic E-state index is 0.0884. The molecular weight excluding hydrogens is 454 g/mol. The van der Waals surface area contributed by atoms with Crippen LogP contribution in [0.5, 0.6) is 11.5 Å². The van der Waals surface area contributed by atoms with E-state index in [-0.39, 0.29) is 18.4 Å². The Morgan fingerprint density at radius 2 is 1.61 bits per heavy atom. The van der Waals surface area contributed by atoms with Gasteiger partial charge in [-0.3, -0.25) is 14.5 Å². The lowest BCUT2D eigenvalue weighted by Gasteiger charge is -2.36. The minimum atomic E-state index is -0.477. The molecule has 0 spiro atoms. The topological polar surface area (TPSA) is 79.9 Å². The van der Waals surface area contributed by atoms with Gasteiger partial charge in [0.15, 0.2) is 11.5 Å². The van der Waals surface area contributed by atoms with Gasteiger partial charge in [0.1, 0.15) is 0 Å². The van der Waals surface area contributed by atoms with Crippen molar-refractivity contribution in [3.05, 3.63) is 89.0 Å². The molecule has 0 unspecified atom stereocenters. The summed E-state index contributed by atoms with van der Waals surface area (Å²) in [6.45, 7) is 3.08. The van der Waals surface area contributed by atoms with Gasteiger partial charge in [-0.05, 0) is 60.7 Å². The Labute approximate surface area is 212 Å². The number of nitrogens with one attached hydrogen (secondary N) is 2. The first-order chi connectivity index (χ1) is 17.5. The van der Waals surface area contributed by atoms with Crippen LogP contribution in [-0.4, -0.2) is 50.1 Å². The monoisotopic (exact) mass is 487 g/mol. The van der Waals surface area contributed by atoms with Crippen LogP contribution in [0.1, 0.15) is 22.3 Å². The molecule has 1 heterocycles. The van der Waals surface area contributed by atoms with Crippen LogP contribution >= 0.6 is 0 Å². The summed E-state index contributed by atoms with van der Waals surface area (Å²) < 4.78 is 10.9. The number of aryl methyl sites for hydroxylation is 1. The molecule has 36 heavy (non-hydrogen) atoms. The number of ether oxygens (including phenoxy) is 2. The van der Waals surface area contributed by atoms with Crippen LogP contribution in [0.15, 0.2) is 66.7 Å². The van der Waals surface area contributed by atoms with E-state index in [4.69, 9.17) is 9.47 Å². The lowest BCUT2D eigenvalue weighted by atomic mass is 9.92. The third-order valence-corrected chi connectivity index (χ3v) is 6.47. The van der Waals surface area contributed by atoms with Crippen LogP contribution in [0.25, 0.3) is 0 Å². The van der Waals surface area contributed by atoms with Gasteiger partial charge < -0.3 is 20.1 Å². The fourth-order valence-corrected chi connectivity index (χ4v) is 4.51. The maximum Gasteiger partial charge on any atom is 0.238 e. The fourth-order valence-electron chi connectivity index (χ4n) is 4.51. The van der Waals surface area contributed by atoms with Crippen molar-refractivity contribution >= 4 is 17.5 Å². The van der Waals surface area contributed by atoms with Gasteiger partial charge in [-0.15, -0.1) is 0 Å². The second-order valence-electron chi connectivity index (χ2n) is 9.04. The zero-order valence-electron chi connectivity index (χ0n) is 21.0. The summed E-state index contributed by atoms with van der Waals surface area (Å²) in [6.07, 6.45) is 1.22. The Morgan fingerprint density at radius 3 is 2.28 bits per heavy atom. The Bertz CT molecular complexity index is 1200. The van der Waals surface area contributed by atoms with Gasteiger partial charge in [0.2, 0.25) is 11.8 Å². The summed E-state index contributed by atoms with van der Waals surface area (Å²) in [5, 5.41) is 6.02. The lowest BCUT2D eigenvalue weighted by Crippen LogP contribution is -2.52. The zero-order chi connectivity index (χ0) is 25.5. The average Bonchev–Trinajstić information content (AvgIpc) is 2.89. The summed E-state index contributed by atoms with van der Waals surface area (Å²) in [5.41, 5.74) is 5.06. The van der Waals surface area contributed by atoms with Crippen molar-refractivity contribution in [3.8, 4) is 11.5 Å². The molecule has 1 aliphatic heterocycles. The van der Waals surface area contributed by atoms with Crippen molar-refractivity contribution in [2.24, 2.45) is 0 Å². The van der Waals surface area contributed by atoms with Crippen molar-refractivity contribution in [1.29, 1.82) is 0 Å². The van der Waals surface area contributed by atoms with Crippen molar-refractivity contribution in [2.75, 3.05) is 32.6 Å². The molecule has 2 N–H and O–H groups in total. The van der Waals surface area contributed by atoms with Gasteiger partial charge in [0.25, 0.3) is 0 Å². The predicted molar refractivity (Wildman–Crippen MR) is 140 cm³/mol. The maximum absolute atomic E-state index is 13.3. The standard InChI is InChI=1S/C29H33N3O4/c1-20-9-11-24(12-10-20)31-28(33)19-32-18-23-17-27(36-3)26(35-2)16-22(23)15-25(32)29(34)30-14-13-21-7-5-4-6-8-21/h4-12,16-17,25H,13-15,18-19H2,1-3H3,(H,30,34)(H,31,33)/t25-/m1/s1. The summed E-state index contributed by atoms with van der Waals surface area (Å²) >= 11 is 0. The van der Waals surface area contributed by atoms with Gasteiger partial charge >= 0.3 is 0 Å². The first-order valence-electron chi connectivity index (χ1n) is 12.1. The van der Waals surface area contributed by atoms with E-state index in [1.807, 2.05) is 78.6 Å². The molecule has 188 valence electrons. The summed E-state index contributed by atoms with van der Waals surface area (Å²) in [7, 11) is 3.20. The number of methoxy groups -OCH3 is 2. The molecule has 1 aliphatic rings. The summed E-state index contributed by atoms with van der Waals surface area (Å²) in [6, 6.07) is 21.1. The molecular formula is C29H33N3O4. The van der Waals surface area contributed by atoms with E-state index in [0.29, 0.717) is 31.0 Å². The van der Waals surface area contributed by atoms with Crippen LogP contribution < -0.4 is 20.1 Å². The molecule has 0 fully saturated rings. The smallest absolute Gasteiger partial charge is 0.238 e. The molecule has 0 aliphatic carbocycles. The molecule has 0 saturated carbocycles. The Balaban J connectivity index is 1.50. The van der Waals surface area contributed by atoms with Gasteiger partial charge in [-0.25, -0.2) is 0 Å². The number of benzene rings is 3. The van der Waals surface area contributed by atoms with Crippen LogP contribution in [0, 0.1) is 6.92 Å². The lowest BCUT2D eigenvalue weighted by molar-refractivity contribution is -0.128. The molecule has 3 aromatic rings. The van der Waals surface area contributed by atoms with E-state index >= 15 is 0 Å². The first-order valence-corrected chi connectivity index (χ1v) is 12.1. The van der Waals surface area contributed by atoms with E-state index in [1.165, 1.54) is 0 Å². The number of carbonyl (C=O) groups is 2. The average molecular weight is 488 g/mol. The van der Waals surface area contributed by atoms with Crippen LogP contribution in [-0.2, 0) is 29.0 Å². The molecule has 0 aromatic heterocycles. The number of hydrogen-bond acceptors (Lipinski definition) is 5. The normalized spacial score (nSPS) is 15.0. The van der Waals surface area contributed by atoms with Gasteiger partial charge in [-0.2, -0.15) is 0 Å². The quantitative estimate of drug-likeness (QED) is 0.481. The molecule has 7 heteroatoms. The summed E-state index contributed by atoms with van der Waals surface area (Å²) in [5.74, 6) is 1.01. The molecule has 0 radical (unpaired) electrons. The van der Waals surface area contributed by atoms with E-state index in [9.17, 15) is 9.59 Å². The van der Waals surface area contributed by atoms with E-state index < -0.39 is 6.04 Å². The van der Waals surface area contributed by atoms with E-state index in [1.54, 1.807) is 14.2 Å². The van der Waals surface area contributed by atoms with Gasteiger partial charge in [-0.1, -0.05) is 48.0 Å².